The molecule has 5 nitrogen and oxygen atoms in total. The van der Waals surface area contributed by atoms with Gasteiger partial charge in [0.25, 0.3) is 0 Å². The second-order valence-electron chi connectivity index (χ2n) is 10.2. The summed E-state index contributed by atoms with van der Waals surface area (Å²) in [7, 11) is -0.886. The fourth-order valence-corrected chi connectivity index (χ4v) is 7.63. The summed E-state index contributed by atoms with van der Waals surface area (Å²) in [5.74, 6) is 4.27. The van der Waals surface area contributed by atoms with Crippen LogP contribution in [0.4, 0.5) is 5.82 Å². The van der Waals surface area contributed by atoms with E-state index in [1.807, 2.05) is 4.68 Å². The van der Waals surface area contributed by atoms with E-state index in [0.717, 1.165) is 54.1 Å². The van der Waals surface area contributed by atoms with Crippen LogP contribution in [-0.4, -0.2) is 19.9 Å². The van der Waals surface area contributed by atoms with Crippen LogP contribution >= 0.6 is 0 Å². The number of rotatable bonds is 2. The van der Waals surface area contributed by atoms with E-state index in [1.165, 1.54) is 19.3 Å². The minimum absolute atomic E-state index is 0.174. The van der Waals surface area contributed by atoms with Gasteiger partial charge in [0.05, 0.1) is 28.2 Å². The average Bonchev–Trinajstić information content (AvgIpc) is 3.03. The van der Waals surface area contributed by atoms with Gasteiger partial charge in [-0.05, 0) is 77.0 Å². The lowest BCUT2D eigenvalue weighted by Gasteiger charge is -2.55. The molecule has 4 aliphatic carbocycles. The van der Waals surface area contributed by atoms with Crippen LogP contribution in [0.2, 0.25) is 0 Å². The zero-order valence-electron chi connectivity index (χ0n) is 16.0. The van der Waals surface area contributed by atoms with Gasteiger partial charge in [0.1, 0.15) is 5.82 Å². The highest BCUT2D eigenvalue weighted by Crippen LogP contribution is 2.60. The Bertz CT molecular complexity index is 769. The van der Waals surface area contributed by atoms with Gasteiger partial charge >= 0.3 is 0 Å². The lowest BCUT2D eigenvalue weighted by molar-refractivity contribution is -0.140. The number of aromatic nitrogens is 2. The fourth-order valence-electron chi connectivity index (χ4n) is 6.37. The number of fused-ring (bicyclic) bond motifs is 1. The van der Waals surface area contributed by atoms with Crippen molar-refractivity contribution in [2.24, 2.45) is 23.2 Å². The molecule has 0 spiro atoms. The predicted molar refractivity (Wildman–Crippen MR) is 102 cm³/mol. The Labute approximate surface area is 157 Å². The van der Waals surface area contributed by atoms with E-state index in [9.17, 15) is 9.00 Å². The predicted octanol–water partition coefficient (Wildman–Crippen LogP) is 3.56. The van der Waals surface area contributed by atoms with Crippen molar-refractivity contribution in [2.45, 2.75) is 76.3 Å². The third-order valence-corrected chi connectivity index (χ3v) is 8.26. The second-order valence-corrected chi connectivity index (χ2v) is 11.7. The molecule has 0 saturated heterocycles. The van der Waals surface area contributed by atoms with E-state index in [2.05, 4.69) is 26.1 Å². The Morgan fingerprint density at radius 3 is 2.23 bits per heavy atom. The quantitative estimate of drug-likeness (QED) is 0.860. The first-order valence-corrected chi connectivity index (χ1v) is 11.5. The minimum Gasteiger partial charge on any atom is -0.310 e. The van der Waals surface area contributed by atoms with Crippen molar-refractivity contribution < 1.29 is 9.00 Å². The van der Waals surface area contributed by atoms with Crippen LogP contribution in [0, 0.1) is 23.2 Å². The van der Waals surface area contributed by atoms with Gasteiger partial charge in [-0.2, -0.15) is 5.10 Å². The Morgan fingerprint density at radius 1 is 1.12 bits per heavy atom. The topological polar surface area (TPSA) is 64.0 Å². The van der Waals surface area contributed by atoms with Gasteiger partial charge in [0.15, 0.2) is 0 Å². The van der Waals surface area contributed by atoms with Crippen molar-refractivity contribution in [3.8, 4) is 0 Å². The Kier molecular flexibility index (Phi) is 3.54. The molecule has 142 valence electrons. The molecular formula is C20H29N3O2S. The maximum atomic E-state index is 13.5. The van der Waals surface area contributed by atoms with Crippen molar-refractivity contribution >= 4 is 22.5 Å². The highest BCUT2D eigenvalue weighted by atomic mass is 32.2. The van der Waals surface area contributed by atoms with Crippen LogP contribution in [0.1, 0.15) is 70.6 Å². The van der Waals surface area contributed by atoms with Gasteiger partial charge in [-0.3, -0.25) is 9.00 Å². The van der Waals surface area contributed by atoms with Gasteiger partial charge in [-0.25, -0.2) is 4.68 Å². The summed E-state index contributed by atoms with van der Waals surface area (Å²) in [6.07, 6.45) is 7.18. The molecule has 26 heavy (non-hydrogen) atoms. The molecule has 4 bridgehead atoms. The molecule has 5 aliphatic rings. The average molecular weight is 376 g/mol. The summed E-state index contributed by atoms with van der Waals surface area (Å²) in [5.41, 5.74) is 1.51. The van der Waals surface area contributed by atoms with Crippen LogP contribution < -0.4 is 5.32 Å². The number of hydrogen-bond donors (Lipinski definition) is 1. The van der Waals surface area contributed by atoms with E-state index in [4.69, 9.17) is 5.10 Å². The maximum absolute atomic E-state index is 13.5. The summed E-state index contributed by atoms with van der Waals surface area (Å²) in [6.45, 7) is 6.31. The SMILES string of the molecule is CC(C)(C)n1nc2c(c1NC(=O)C13CC4CC(CC(C4)C1)C3)C[S@@](=O)C2. The molecule has 1 aromatic heterocycles. The summed E-state index contributed by atoms with van der Waals surface area (Å²) in [6, 6.07) is 0. The Balaban J connectivity index is 1.48. The molecule has 6 heteroatoms. The highest BCUT2D eigenvalue weighted by Gasteiger charge is 2.55. The standard InChI is InChI=1S/C20H29N3O2S/c1-19(2,3)23-17(15-10-26(25)11-16(15)22-23)21-18(24)20-7-12-4-13(8-20)6-14(5-12)9-20/h12-14H,4-11H2,1-3H3,(H,21,24)/t12?,13?,14?,20?,26-/m1/s1. The van der Waals surface area contributed by atoms with Crippen LogP contribution in [0.15, 0.2) is 0 Å². The van der Waals surface area contributed by atoms with E-state index >= 15 is 0 Å². The van der Waals surface area contributed by atoms with Crippen molar-refractivity contribution in [1.29, 1.82) is 0 Å². The molecule has 1 amide bonds. The summed E-state index contributed by atoms with van der Waals surface area (Å²) < 4.78 is 14.0. The number of nitrogens with one attached hydrogen (secondary N) is 1. The van der Waals surface area contributed by atoms with E-state index in [1.54, 1.807) is 0 Å². The largest absolute Gasteiger partial charge is 0.310 e. The molecule has 0 unspecified atom stereocenters. The molecule has 4 saturated carbocycles. The molecule has 2 heterocycles. The van der Waals surface area contributed by atoms with Crippen LogP contribution in [0.25, 0.3) is 0 Å². The van der Waals surface area contributed by atoms with Crippen LogP contribution in [0.3, 0.4) is 0 Å². The molecule has 1 N–H and O–H groups in total. The number of anilines is 1. The summed E-state index contributed by atoms with van der Waals surface area (Å²) in [5, 5.41) is 8.02. The molecule has 1 atom stereocenters. The first-order chi connectivity index (χ1) is 12.2. The van der Waals surface area contributed by atoms with Gasteiger partial charge in [-0.15, -0.1) is 0 Å². The summed E-state index contributed by atoms with van der Waals surface area (Å²) >= 11 is 0. The van der Waals surface area contributed by atoms with E-state index in [0.29, 0.717) is 11.5 Å². The van der Waals surface area contributed by atoms with Crippen LogP contribution in [0.5, 0.6) is 0 Å². The first kappa shape index (κ1) is 17.0. The number of carbonyl (C=O) groups excluding carboxylic acids is 1. The van der Waals surface area contributed by atoms with E-state index < -0.39 is 10.8 Å². The Morgan fingerprint density at radius 2 is 1.69 bits per heavy atom. The molecule has 0 aromatic carbocycles. The van der Waals surface area contributed by atoms with Gasteiger partial charge in [0, 0.05) is 16.4 Å². The highest BCUT2D eigenvalue weighted by molar-refractivity contribution is 7.83. The first-order valence-electron chi connectivity index (χ1n) is 10.0. The zero-order chi connectivity index (χ0) is 18.3. The lowest BCUT2D eigenvalue weighted by atomic mass is 9.49. The molecule has 4 fully saturated rings. The lowest BCUT2D eigenvalue weighted by Crippen LogP contribution is -2.52. The monoisotopic (exact) mass is 375 g/mol. The number of nitrogens with zero attached hydrogens (tertiary/aromatic N) is 2. The second kappa shape index (κ2) is 5.43. The number of amides is 1. The molecule has 1 aromatic rings. The van der Waals surface area contributed by atoms with Crippen molar-refractivity contribution in [2.75, 3.05) is 5.32 Å². The van der Waals surface area contributed by atoms with Crippen LogP contribution in [-0.2, 0) is 32.6 Å². The maximum Gasteiger partial charge on any atom is 0.231 e. The van der Waals surface area contributed by atoms with Gasteiger partial charge in [0.2, 0.25) is 5.91 Å². The third kappa shape index (κ3) is 2.51. The number of hydrogen-bond acceptors (Lipinski definition) is 3. The summed E-state index contributed by atoms with van der Waals surface area (Å²) in [4.78, 5) is 13.5. The molecule has 6 rings (SSSR count). The molecular weight excluding hydrogens is 346 g/mol. The molecule has 1 aliphatic heterocycles. The third-order valence-electron chi connectivity index (χ3n) is 7.06. The zero-order valence-corrected chi connectivity index (χ0v) is 16.8. The van der Waals surface area contributed by atoms with E-state index in [-0.39, 0.29) is 16.9 Å². The normalized spacial score (nSPS) is 37.8. The fraction of sp³-hybridized carbons (Fsp3) is 0.800. The van der Waals surface area contributed by atoms with Crippen molar-refractivity contribution in [3.63, 3.8) is 0 Å². The smallest absolute Gasteiger partial charge is 0.231 e. The Hall–Kier alpha value is -1.17. The van der Waals surface area contributed by atoms with Crippen molar-refractivity contribution in [3.05, 3.63) is 11.3 Å². The number of carbonyl (C=O) groups is 1. The van der Waals surface area contributed by atoms with Gasteiger partial charge < -0.3 is 5.32 Å². The van der Waals surface area contributed by atoms with Crippen molar-refractivity contribution in [1.82, 2.24) is 9.78 Å². The molecule has 0 radical (unpaired) electrons. The minimum atomic E-state index is -0.886. The van der Waals surface area contributed by atoms with Gasteiger partial charge in [-0.1, -0.05) is 0 Å².